The Morgan fingerprint density at radius 1 is 0.966 bits per heavy atom. The molecule has 3 aromatic carbocycles. The number of oxazole rings is 1. The Morgan fingerprint density at radius 2 is 1.79 bits per heavy atom. The highest BCUT2D eigenvalue weighted by Gasteiger charge is 2.18. The van der Waals surface area contributed by atoms with Gasteiger partial charge in [-0.25, -0.2) is 4.98 Å². The highest BCUT2D eigenvalue weighted by atomic mass is 35.5. The maximum Gasteiger partial charge on any atom is 0.227 e. The largest absolute Gasteiger partial charge is 0.434 e. The Bertz CT molecular complexity index is 1500. The van der Waals surface area contributed by atoms with Crippen molar-refractivity contribution in [3.05, 3.63) is 95.6 Å². The minimum atomic E-state index is 0.580. The summed E-state index contributed by atoms with van der Waals surface area (Å²) in [5.41, 5.74) is 4.65. The van der Waals surface area contributed by atoms with Crippen LogP contribution < -0.4 is 0 Å². The van der Waals surface area contributed by atoms with Crippen LogP contribution in [0.15, 0.2) is 83.3 Å². The zero-order valence-electron chi connectivity index (χ0n) is 15.1. The third-order valence-corrected chi connectivity index (χ3v) is 6.62. The fraction of sp³-hybridized carbons (Fsp3) is 0. The second-order valence-corrected chi connectivity index (χ2v) is 8.36. The van der Waals surface area contributed by atoms with Crippen molar-refractivity contribution < 1.29 is 4.42 Å². The quantitative estimate of drug-likeness (QED) is 0.277. The van der Waals surface area contributed by atoms with Gasteiger partial charge in [0.25, 0.3) is 0 Å². The van der Waals surface area contributed by atoms with Gasteiger partial charge in [-0.15, -0.1) is 11.3 Å². The van der Waals surface area contributed by atoms with Crippen LogP contribution in [-0.4, -0.2) is 4.98 Å². The van der Waals surface area contributed by atoms with Crippen LogP contribution in [0, 0.1) is 6.08 Å². The van der Waals surface area contributed by atoms with E-state index in [2.05, 4.69) is 36.4 Å². The topological polar surface area (TPSA) is 26.0 Å². The summed E-state index contributed by atoms with van der Waals surface area (Å²) in [6, 6.07) is 18.6. The molecule has 1 aliphatic carbocycles. The van der Waals surface area contributed by atoms with E-state index >= 15 is 0 Å². The van der Waals surface area contributed by atoms with Crippen molar-refractivity contribution in [2.45, 2.75) is 0 Å². The van der Waals surface area contributed by atoms with Crippen LogP contribution in [0.2, 0.25) is 5.02 Å². The highest BCUT2D eigenvalue weighted by molar-refractivity contribution is 7.26. The summed E-state index contributed by atoms with van der Waals surface area (Å²) in [7, 11) is 0. The number of hydrogen-bond donors (Lipinski definition) is 0. The molecule has 5 aromatic rings. The zero-order chi connectivity index (χ0) is 19.4. The molecule has 0 atom stereocenters. The Morgan fingerprint density at radius 3 is 2.62 bits per heavy atom. The fourth-order valence-electron chi connectivity index (χ4n) is 3.73. The van der Waals surface area contributed by atoms with E-state index in [1.807, 2.05) is 48.6 Å². The van der Waals surface area contributed by atoms with E-state index in [1.54, 1.807) is 11.3 Å². The lowest BCUT2D eigenvalue weighted by Crippen LogP contribution is -1.84. The smallest absolute Gasteiger partial charge is 0.227 e. The van der Waals surface area contributed by atoms with Crippen molar-refractivity contribution in [1.82, 2.24) is 4.98 Å². The summed E-state index contributed by atoms with van der Waals surface area (Å²) in [6.07, 6.45) is 11.0. The van der Waals surface area contributed by atoms with E-state index in [0.29, 0.717) is 16.5 Å². The van der Waals surface area contributed by atoms with Crippen LogP contribution in [0.5, 0.6) is 0 Å². The molecule has 0 radical (unpaired) electrons. The average Bonchev–Trinajstić information content (AvgIpc) is 3.36. The molecule has 2 heterocycles. The molecule has 0 saturated carbocycles. The van der Waals surface area contributed by atoms with Gasteiger partial charge in [0, 0.05) is 37.4 Å². The van der Waals surface area contributed by atoms with Crippen LogP contribution in [0.3, 0.4) is 0 Å². The lowest BCUT2D eigenvalue weighted by Gasteiger charge is -2.00. The summed E-state index contributed by atoms with van der Waals surface area (Å²) >= 11 is 8.50. The summed E-state index contributed by atoms with van der Waals surface area (Å²) in [5.74, 6) is 0.580. The second kappa shape index (κ2) is 6.40. The van der Waals surface area contributed by atoms with E-state index in [9.17, 15) is 0 Å². The molecule has 0 N–H and O–H groups in total. The van der Waals surface area contributed by atoms with Crippen molar-refractivity contribution in [3.63, 3.8) is 0 Å². The monoisotopic (exact) mass is 410 g/mol. The maximum absolute atomic E-state index is 6.77. The van der Waals surface area contributed by atoms with Crippen LogP contribution in [-0.2, 0) is 0 Å². The molecule has 29 heavy (non-hydrogen) atoms. The molecule has 136 valence electrons. The second-order valence-electron chi connectivity index (χ2n) is 6.90. The Hall–Kier alpha value is -3.23. The van der Waals surface area contributed by atoms with Crippen molar-refractivity contribution >= 4 is 59.8 Å². The number of fused-ring (bicyclic) bond motifs is 4. The molecule has 1 aliphatic rings. The van der Waals surface area contributed by atoms with Gasteiger partial charge in [0.15, 0.2) is 5.58 Å². The first-order chi connectivity index (χ1) is 14.3. The van der Waals surface area contributed by atoms with Gasteiger partial charge >= 0.3 is 0 Å². The van der Waals surface area contributed by atoms with Crippen molar-refractivity contribution in [3.8, 4) is 11.5 Å². The fourth-order valence-corrected chi connectivity index (χ4v) is 5.27. The van der Waals surface area contributed by atoms with E-state index in [0.717, 1.165) is 37.7 Å². The van der Waals surface area contributed by atoms with Crippen molar-refractivity contribution in [2.24, 2.45) is 0 Å². The summed E-state index contributed by atoms with van der Waals surface area (Å²) in [5, 5.41) is 2.83. The highest BCUT2D eigenvalue weighted by Crippen LogP contribution is 2.42. The van der Waals surface area contributed by atoms with Gasteiger partial charge in [0.05, 0.1) is 22.7 Å². The van der Waals surface area contributed by atoms with E-state index in [1.165, 1.54) is 4.70 Å². The number of nitrogens with zero attached hydrogens (tertiary/aromatic N) is 1. The number of rotatable bonds is 2. The van der Waals surface area contributed by atoms with Crippen LogP contribution >= 0.6 is 22.9 Å². The van der Waals surface area contributed by atoms with Crippen molar-refractivity contribution in [1.29, 1.82) is 0 Å². The molecule has 6 rings (SSSR count). The maximum atomic E-state index is 6.77. The first-order valence-electron chi connectivity index (χ1n) is 9.25. The Labute approximate surface area is 176 Å². The summed E-state index contributed by atoms with van der Waals surface area (Å²) < 4.78 is 8.45. The lowest BCUT2D eigenvalue weighted by molar-refractivity contribution is 0.620. The molecular formula is C25H13ClNOS+. The molecule has 0 fully saturated rings. The molecule has 2 aromatic heterocycles. The number of thiophene rings is 1. The summed E-state index contributed by atoms with van der Waals surface area (Å²) in [4.78, 5) is 4.72. The molecule has 0 unspecified atom stereocenters. The number of benzene rings is 3. The third-order valence-electron chi connectivity index (χ3n) is 5.15. The molecule has 4 heteroatoms. The van der Waals surface area contributed by atoms with Gasteiger partial charge in [0.2, 0.25) is 5.89 Å². The van der Waals surface area contributed by atoms with E-state index in [4.69, 9.17) is 21.0 Å². The predicted molar refractivity (Wildman–Crippen MR) is 122 cm³/mol. The van der Waals surface area contributed by atoms with Crippen LogP contribution in [0.1, 0.15) is 5.56 Å². The molecule has 2 nitrogen and oxygen atoms in total. The lowest BCUT2D eigenvalue weighted by atomic mass is 10.0. The Balaban J connectivity index is 1.48. The van der Waals surface area contributed by atoms with Crippen molar-refractivity contribution in [2.75, 3.05) is 0 Å². The van der Waals surface area contributed by atoms with Crippen LogP contribution in [0.25, 0.3) is 48.3 Å². The van der Waals surface area contributed by atoms with Gasteiger partial charge in [-0.3, -0.25) is 0 Å². The molecule has 0 saturated heterocycles. The van der Waals surface area contributed by atoms with Gasteiger partial charge in [0.1, 0.15) is 17.7 Å². The molecule has 0 aliphatic heterocycles. The third kappa shape index (κ3) is 2.64. The average molecular weight is 411 g/mol. The summed E-state index contributed by atoms with van der Waals surface area (Å²) in [6.45, 7) is 0. The Kier molecular flexibility index (Phi) is 3.68. The standard InChI is InChI=1S/C25H13ClNOS/c26-23-22-18-8-4-5-9-20(18)29-21(22)14-19-24(23)28-25(27-19)17-12-10-16(11-13-17)15-6-2-1-3-7-15/h2-14H/q+1. The van der Waals surface area contributed by atoms with Gasteiger partial charge < -0.3 is 4.42 Å². The van der Waals surface area contributed by atoms with Gasteiger partial charge in [-0.05, 0) is 24.3 Å². The predicted octanol–water partition coefficient (Wildman–Crippen LogP) is 7.83. The van der Waals surface area contributed by atoms with Gasteiger partial charge in [-0.2, -0.15) is 0 Å². The first kappa shape index (κ1) is 16.7. The van der Waals surface area contributed by atoms with Crippen LogP contribution in [0.4, 0.5) is 0 Å². The number of hydrogen-bond acceptors (Lipinski definition) is 3. The SMILES string of the molecule is Clc1c2oc(-c3ccc(C4=CC=[C+]C=C4)cc3)nc2cc2sc3ccccc3c12. The molecule has 0 spiro atoms. The normalized spacial score (nSPS) is 13.3. The number of halogens is 1. The van der Waals surface area contributed by atoms with E-state index in [-0.39, 0.29) is 0 Å². The molecular weight excluding hydrogens is 398 g/mol. The number of aromatic nitrogens is 1. The first-order valence-corrected chi connectivity index (χ1v) is 10.4. The molecule has 0 amide bonds. The van der Waals surface area contributed by atoms with E-state index < -0.39 is 0 Å². The van der Waals surface area contributed by atoms with Gasteiger partial charge in [-0.1, -0.05) is 41.9 Å². The molecule has 0 bridgehead atoms. The zero-order valence-corrected chi connectivity index (χ0v) is 16.7. The number of allylic oxidation sites excluding steroid dienone is 6. The minimum Gasteiger partial charge on any atom is -0.434 e. The minimum absolute atomic E-state index is 0.580.